The third-order valence-corrected chi connectivity index (χ3v) is 3.43. The first-order valence-corrected chi connectivity index (χ1v) is 6.57. The van der Waals surface area contributed by atoms with E-state index in [0.717, 1.165) is 26.9 Å². The lowest BCUT2D eigenvalue weighted by Crippen LogP contribution is -2.08. The topological polar surface area (TPSA) is 82.8 Å². The first-order valence-electron chi connectivity index (χ1n) is 5.78. The van der Waals surface area contributed by atoms with Crippen LogP contribution in [-0.4, -0.2) is 14.5 Å². The van der Waals surface area contributed by atoms with Crippen LogP contribution in [0, 0.1) is 0 Å². The first-order chi connectivity index (χ1) is 9.19. The van der Waals surface area contributed by atoms with Crippen LogP contribution in [0.2, 0.25) is 0 Å². The lowest BCUT2D eigenvalue weighted by atomic mass is 10.2. The normalized spacial score (nSPS) is 11.1. The van der Waals surface area contributed by atoms with Crippen LogP contribution in [0.15, 0.2) is 41.0 Å². The summed E-state index contributed by atoms with van der Waals surface area (Å²) in [6.45, 7) is 0.427. The summed E-state index contributed by atoms with van der Waals surface area (Å²) in [7, 11) is 0. The van der Waals surface area contributed by atoms with Crippen molar-refractivity contribution in [3.05, 3.63) is 46.7 Å². The van der Waals surface area contributed by atoms with Crippen LogP contribution in [0.3, 0.4) is 0 Å². The van der Waals surface area contributed by atoms with Crippen molar-refractivity contribution in [2.45, 2.75) is 6.54 Å². The summed E-state index contributed by atoms with van der Waals surface area (Å²) in [5.41, 5.74) is 13.5. The minimum Gasteiger partial charge on any atom is -0.368 e. The van der Waals surface area contributed by atoms with E-state index in [9.17, 15) is 0 Å². The number of halogens is 1. The van der Waals surface area contributed by atoms with Crippen LogP contribution in [0.1, 0.15) is 5.69 Å². The molecule has 96 valence electrons. The zero-order valence-corrected chi connectivity index (χ0v) is 11.6. The van der Waals surface area contributed by atoms with Crippen molar-refractivity contribution in [1.29, 1.82) is 0 Å². The smallest absolute Gasteiger partial charge is 0.221 e. The lowest BCUT2D eigenvalue weighted by molar-refractivity contribution is 0.901. The molecule has 0 aliphatic carbocycles. The monoisotopic (exact) mass is 317 g/mol. The molecule has 0 spiro atoms. The Morgan fingerprint density at radius 2 is 2.05 bits per heavy atom. The van der Waals surface area contributed by atoms with Crippen molar-refractivity contribution < 1.29 is 0 Å². The maximum atomic E-state index is 5.82. The molecular formula is C13H12BrN5. The van der Waals surface area contributed by atoms with Gasteiger partial charge in [-0.05, 0) is 24.3 Å². The van der Waals surface area contributed by atoms with E-state index in [1.165, 1.54) is 0 Å². The van der Waals surface area contributed by atoms with E-state index >= 15 is 0 Å². The molecule has 0 atom stereocenters. The van der Waals surface area contributed by atoms with Gasteiger partial charge in [0.1, 0.15) is 5.82 Å². The number of hydrogen-bond donors (Lipinski definition) is 2. The number of nitrogens with two attached hydrogens (primary N) is 2. The number of anilines is 1. The Kier molecular flexibility index (Phi) is 2.96. The highest BCUT2D eigenvalue weighted by Crippen LogP contribution is 2.26. The van der Waals surface area contributed by atoms with E-state index in [4.69, 9.17) is 11.5 Å². The molecule has 0 amide bonds. The molecule has 0 unspecified atom stereocenters. The van der Waals surface area contributed by atoms with Gasteiger partial charge < -0.3 is 11.5 Å². The Balaban J connectivity index is 2.34. The molecular weight excluding hydrogens is 306 g/mol. The Bertz CT molecular complexity index is 750. The van der Waals surface area contributed by atoms with Crippen molar-refractivity contribution in [3.8, 4) is 5.82 Å². The van der Waals surface area contributed by atoms with Gasteiger partial charge in [0, 0.05) is 28.3 Å². The number of nitrogens with zero attached hydrogens (tertiary/aromatic N) is 3. The van der Waals surface area contributed by atoms with Crippen molar-refractivity contribution in [1.82, 2.24) is 14.5 Å². The minimum atomic E-state index is 0.248. The van der Waals surface area contributed by atoms with Gasteiger partial charge in [0.05, 0.1) is 5.52 Å². The van der Waals surface area contributed by atoms with Crippen molar-refractivity contribution >= 4 is 32.8 Å². The average molecular weight is 318 g/mol. The van der Waals surface area contributed by atoms with E-state index in [1.807, 2.05) is 28.8 Å². The molecule has 3 aromatic rings. The summed E-state index contributed by atoms with van der Waals surface area (Å²) in [6.07, 6.45) is 1.64. The molecule has 19 heavy (non-hydrogen) atoms. The summed E-state index contributed by atoms with van der Waals surface area (Å²) >= 11 is 3.48. The van der Waals surface area contributed by atoms with Crippen molar-refractivity contribution in [3.63, 3.8) is 0 Å². The van der Waals surface area contributed by atoms with Gasteiger partial charge in [-0.2, -0.15) is 4.98 Å². The summed E-state index contributed by atoms with van der Waals surface area (Å²) in [4.78, 5) is 8.18. The van der Waals surface area contributed by atoms with Crippen LogP contribution in [0.5, 0.6) is 0 Å². The highest BCUT2D eigenvalue weighted by atomic mass is 79.9. The zero-order valence-electron chi connectivity index (χ0n) is 10.0. The predicted molar refractivity (Wildman–Crippen MR) is 78.9 cm³/mol. The second kappa shape index (κ2) is 4.64. The molecule has 0 saturated heterocycles. The van der Waals surface area contributed by atoms with Gasteiger partial charge >= 0.3 is 0 Å². The summed E-state index contributed by atoms with van der Waals surface area (Å²) < 4.78 is 3.00. The Hall–Kier alpha value is -1.92. The quantitative estimate of drug-likeness (QED) is 0.759. The van der Waals surface area contributed by atoms with Gasteiger partial charge in [-0.3, -0.25) is 4.57 Å². The molecule has 0 fully saturated rings. The molecule has 2 aromatic heterocycles. The summed E-state index contributed by atoms with van der Waals surface area (Å²) in [6, 6.07) is 9.95. The Morgan fingerprint density at radius 3 is 2.79 bits per heavy atom. The maximum Gasteiger partial charge on any atom is 0.221 e. The number of benzene rings is 1. The zero-order chi connectivity index (χ0) is 13.4. The van der Waals surface area contributed by atoms with Gasteiger partial charge in [0.2, 0.25) is 5.95 Å². The third-order valence-electron chi connectivity index (χ3n) is 2.94. The van der Waals surface area contributed by atoms with Gasteiger partial charge in [-0.15, -0.1) is 0 Å². The SMILES string of the molecule is NCc1cc2ccc(Br)cc2n1-c1ccnc(N)n1. The first kappa shape index (κ1) is 12.1. The molecule has 0 saturated carbocycles. The Labute approximate surface area is 118 Å². The van der Waals surface area contributed by atoms with Crippen molar-refractivity contribution in [2.24, 2.45) is 5.73 Å². The fourth-order valence-corrected chi connectivity index (χ4v) is 2.49. The lowest BCUT2D eigenvalue weighted by Gasteiger charge is -2.09. The average Bonchev–Trinajstić information content (AvgIpc) is 2.76. The molecule has 0 radical (unpaired) electrons. The fourth-order valence-electron chi connectivity index (χ4n) is 2.14. The second-order valence-corrected chi connectivity index (χ2v) is 5.07. The largest absolute Gasteiger partial charge is 0.368 e. The number of aromatic nitrogens is 3. The van der Waals surface area contributed by atoms with Gasteiger partial charge in [0.15, 0.2) is 0 Å². The van der Waals surface area contributed by atoms with Crippen LogP contribution in [0.25, 0.3) is 16.7 Å². The van der Waals surface area contributed by atoms with Crippen LogP contribution in [-0.2, 0) is 6.54 Å². The standard InChI is InChI=1S/C13H12BrN5/c14-9-2-1-8-5-10(7-15)19(11(8)6-9)12-3-4-17-13(16)18-12/h1-6H,7,15H2,(H2,16,17,18). The molecule has 3 rings (SSSR count). The van der Waals surface area contributed by atoms with E-state index in [0.29, 0.717) is 6.54 Å². The molecule has 2 heterocycles. The molecule has 4 N–H and O–H groups in total. The minimum absolute atomic E-state index is 0.248. The van der Waals surface area contributed by atoms with Gasteiger partial charge in [-0.25, -0.2) is 4.98 Å². The number of hydrogen-bond acceptors (Lipinski definition) is 4. The maximum absolute atomic E-state index is 5.82. The highest BCUT2D eigenvalue weighted by molar-refractivity contribution is 9.10. The van der Waals surface area contributed by atoms with Crippen LogP contribution < -0.4 is 11.5 Å². The molecule has 0 aliphatic rings. The molecule has 5 nitrogen and oxygen atoms in total. The highest BCUT2D eigenvalue weighted by Gasteiger charge is 2.11. The van der Waals surface area contributed by atoms with Crippen LogP contribution >= 0.6 is 15.9 Å². The Morgan fingerprint density at radius 1 is 1.21 bits per heavy atom. The van der Waals surface area contributed by atoms with Crippen molar-refractivity contribution in [2.75, 3.05) is 5.73 Å². The molecule has 1 aromatic carbocycles. The second-order valence-electron chi connectivity index (χ2n) is 4.15. The number of nitrogen functional groups attached to an aromatic ring is 1. The van der Waals surface area contributed by atoms with Gasteiger partial charge in [-0.1, -0.05) is 22.0 Å². The molecule has 6 heteroatoms. The third kappa shape index (κ3) is 2.09. The van der Waals surface area contributed by atoms with E-state index in [1.54, 1.807) is 6.20 Å². The van der Waals surface area contributed by atoms with Gasteiger partial charge in [0.25, 0.3) is 0 Å². The molecule has 0 aliphatic heterocycles. The van der Waals surface area contributed by atoms with E-state index < -0.39 is 0 Å². The van der Waals surface area contributed by atoms with Crippen LogP contribution in [0.4, 0.5) is 5.95 Å². The summed E-state index contributed by atoms with van der Waals surface area (Å²) in [5, 5.41) is 1.11. The molecule has 0 bridgehead atoms. The summed E-state index contributed by atoms with van der Waals surface area (Å²) in [5.74, 6) is 0.971. The van der Waals surface area contributed by atoms with E-state index in [2.05, 4.69) is 32.0 Å². The number of rotatable bonds is 2. The van der Waals surface area contributed by atoms with E-state index in [-0.39, 0.29) is 5.95 Å². The number of fused-ring (bicyclic) bond motifs is 1. The fraction of sp³-hybridized carbons (Fsp3) is 0.0769. The predicted octanol–water partition coefficient (Wildman–Crippen LogP) is 2.22.